The number of carbonyl (C=O) groups excluding carboxylic acids is 2. The van der Waals surface area contributed by atoms with Crippen LogP contribution in [0.2, 0.25) is 0 Å². The molecule has 0 aliphatic rings. The molecular formula is C20H19NO4. The number of carbonyl (C=O) groups is 2. The van der Waals surface area contributed by atoms with Crippen molar-refractivity contribution >= 4 is 17.3 Å². The van der Waals surface area contributed by atoms with E-state index in [1.54, 1.807) is 36.8 Å². The highest BCUT2D eigenvalue weighted by molar-refractivity contribution is 6.05. The van der Waals surface area contributed by atoms with Gasteiger partial charge in [-0.25, -0.2) is 4.79 Å². The summed E-state index contributed by atoms with van der Waals surface area (Å²) in [6, 6.07) is 12.8. The molecule has 0 fully saturated rings. The van der Waals surface area contributed by atoms with Gasteiger partial charge >= 0.3 is 5.97 Å². The predicted octanol–water partition coefficient (Wildman–Crippen LogP) is 3.99. The van der Waals surface area contributed by atoms with Gasteiger partial charge in [0.2, 0.25) is 0 Å². The van der Waals surface area contributed by atoms with Crippen LogP contribution in [0.3, 0.4) is 0 Å². The molecule has 0 spiro atoms. The number of ether oxygens (including phenoxy) is 2. The fourth-order valence-corrected chi connectivity index (χ4v) is 2.93. The summed E-state index contributed by atoms with van der Waals surface area (Å²) >= 11 is 0. The van der Waals surface area contributed by atoms with Gasteiger partial charge in [0.25, 0.3) is 0 Å². The van der Waals surface area contributed by atoms with E-state index in [2.05, 4.69) is 0 Å². The van der Waals surface area contributed by atoms with Gasteiger partial charge in [-0.15, -0.1) is 0 Å². The van der Waals surface area contributed by atoms with E-state index >= 15 is 0 Å². The number of methoxy groups -OCH3 is 1. The number of benzene rings is 1. The Balaban J connectivity index is 2.24. The number of rotatable bonds is 5. The molecular weight excluding hydrogens is 318 g/mol. The average Bonchev–Trinajstić information content (AvgIpc) is 3.01. The summed E-state index contributed by atoms with van der Waals surface area (Å²) in [5, 5.41) is 0. The Labute approximate surface area is 145 Å². The number of hydrogen-bond acceptors (Lipinski definition) is 4. The van der Waals surface area contributed by atoms with Crippen LogP contribution in [-0.2, 0) is 4.74 Å². The van der Waals surface area contributed by atoms with Gasteiger partial charge in [0, 0.05) is 18.7 Å². The second-order valence-electron chi connectivity index (χ2n) is 5.59. The zero-order valence-electron chi connectivity index (χ0n) is 14.4. The zero-order chi connectivity index (χ0) is 18.0. The molecule has 0 saturated carbocycles. The van der Waals surface area contributed by atoms with Gasteiger partial charge in [-0.05, 0) is 42.8 Å². The third-order valence-electron chi connectivity index (χ3n) is 4.04. The van der Waals surface area contributed by atoms with Gasteiger partial charge in [0.15, 0.2) is 5.78 Å². The molecule has 1 aromatic carbocycles. The standard InChI is InChI=1S/C20H19NO4/c1-4-25-20(23)16-6-5-11-21-18(16)12-17(19(21)13(2)22)14-7-9-15(24-3)10-8-14/h5-12H,4H2,1-3H3. The first-order chi connectivity index (χ1) is 12.1. The van der Waals surface area contributed by atoms with Crippen LogP contribution in [0.5, 0.6) is 5.75 Å². The molecule has 3 aromatic rings. The lowest BCUT2D eigenvalue weighted by atomic mass is 10.0. The van der Waals surface area contributed by atoms with Crippen LogP contribution in [0, 0.1) is 0 Å². The first-order valence-electron chi connectivity index (χ1n) is 8.03. The van der Waals surface area contributed by atoms with E-state index < -0.39 is 5.97 Å². The molecule has 0 radical (unpaired) electrons. The van der Waals surface area contributed by atoms with Crippen molar-refractivity contribution in [1.82, 2.24) is 4.40 Å². The zero-order valence-corrected chi connectivity index (χ0v) is 14.4. The van der Waals surface area contributed by atoms with Gasteiger partial charge in [-0.3, -0.25) is 4.79 Å². The van der Waals surface area contributed by atoms with Gasteiger partial charge in [0.05, 0.1) is 30.5 Å². The van der Waals surface area contributed by atoms with Crippen LogP contribution < -0.4 is 4.74 Å². The lowest BCUT2D eigenvalue weighted by Gasteiger charge is -2.06. The largest absolute Gasteiger partial charge is 0.497 e. The number of pyridine rings is 1. The van der Waals surface area contributed by atoms with Gasteiger partial charge in [0.1, 0.15) is 5.75 Å². The summed E-state index contributed by atoms with van der Waals surface area (Å²) in [5.74, 6) is 0.262. The minimum atomic E-state index is -0.401. The molecule has 25 heavy (non-hydrogen) atoms. The maximum atomic E-state index is 12.3. The van der Waals surface area contributed by atoms with Crippen LogP contribution in [-0.4, -0.2) is 29.9 Å². The summed E-state index contributed by atoms with van der Waals surface area (Å²) in [7, 11) is 1.61. The Kier molecular flexibility index (Phi) is 4.57. The Morgan fingerprint density at radius 3 is 2.44 bits per heavy atom. The van der Waals surface area contributed by atoms with Gasteiger partial charge < -0.3 is 13.9 Å². The van der Waals surface area contributed by atoms with E-state index in [1.165, 1.54) is 6.92 Å². The minimum Gasteiger partial charge on any atom is -0.497 e. The molecule has 2 aromatic heterocycles. The smallest absolute Gasteiger partial charge is 0.340 e. The molecule has 0 saturated heterocycles. The van der Waals surface area contributed by atoms with Crippen molar-refractivity contribution in [3.63, 3.8) is 0 Å². The summed E-state index contributed by atoms with van der Waals surface area (Å²) in [5.41, 5.74) is 3.27. The van der Waals surface area contributed by atoms with E-state index in [0.717, 1.165) is 16.9 Å². The van der Waals surface area contributed by atoms with Crippen molar-refractivity contribution in [2.24, 2.45) is 0 Å². The molecule has 0 bridgehead atoms. The second-order valence-corrected chi connectivity index (χ2v) is 5.59. The summed E-state index contributed by atoms with van der Waals surface area (Å²) in [4.78, 5) is 24.5. The van der Waals surface area contributed by atoms with Crippen LogP contribution in [0.1, 0.15) is 34.7 Å². The highest BCUT2D eigenvalue weighted by Gasteiger charge is 2.20. The van der Waals surface area contributed by atoms with Crippen molar-refractivity contribution < 1.29 is 19.1 Å². The van der Waals surface area contributed by atoms with E-state index in [-0.39, 0.29) is 5.78 Å². The minimum absolute atomic E-state index is 0.0770. The molecule has 0 unspecified atom stereocenters. The second kappa shape index (κ2) is 6.81. The molecule has 0 aliphatic carbocycles. The highest BCUT2D eigenvalue weighted by Crippen LogP contribution is 2.31. The molecule has 2 heterocycles. The number of Topliss-reactive ketones (excluding diaryl/α,β-unsaturated/α-hetero) is 1. The van der Waals surface area contributed by atoms with Crippen LogP contribution >= 0.6 is 0 Å². The lowest BCUT2D eigenvalue weighted by Crippen LogP contribution is -2.07. The normalized spacial score (nSPS) is 10.7. The van der Waals surface area contributed by atoms with E-state index in [1.807, 2.05) is 30.3 Å². The Morgan fingerprint density at radius 1 is 1.12 bits per heavy atom. The molecule has 0 amide bonds. The highest BCUT2D eigenvalue weighted by atomic mass is 16.5. The quantitative estimate of drug-likeness (QED) is 0.522. The maximum absolute atomic E-state index is 12.3. The number of fused-ring (bicyclic) bond motifs is 1. The number of nitrogens with zero attached hydrogens (tertiary/aromatic N) is 1. The van der Waals surface area contributed by atoms with E-state index in [9.17, 15) is 9.59 Å². The number of ketones is 1. The lowest BCUT2D eigenvalue weighted by molar-refractivity contribution is 0.0528. The summed E-state index contributed by atoms with van der Waals surface area (Å²) < 4.78 is 12.1. The monoisotopic (exact) mass is 337 g/mol. The number of esters is 1. The van der Waals surface area contributed by atoms with E-state index in [0.29, 0.717) is 23.4 Å². The predicted molar refractivity (Wildman–Crippen MR) is 95.3 cm³/mol. The third kappa shape index (κ3) is 3.01. The number of hydrogen-bond donors (Lipinski definition) is 0. The fraction of sp³-hybridized carbons (Fsp3) is 0.200. The van der Waals surface area contributed by atoms with Crippen molar-refractivity contribution in [3.8, 4) is 16.9 Å². The number of aromatic nitrogens is 1. The first kappa shape index (κ1) is 16.8. The Bertz CT molecular complexity index is 938. The topological polar surface area (TPSA) is 57.0 Å². The van der Waals surface area contributed by atoms with E-state index in [4.69, 9.17) is 9.47 Å². The molecule has 5 nitrogen and oxygen atoms in total. The molecule has 3 rings (SSSR count). The van der Waals surface area contributed by atoms with Crippen molar-refractivity contribution in [2.75, 3.05) is 13.7 Å². The van der Waals surface area contributed by atoms with Crippen LogP contribution in [0.15, 0.2) is 48.7 Å². The third-order valence-corrected chi connectivity index (χ3v) is 4.04. The average molecular weight is 337 g/mol. The van der Waals surface area contributed by atoms with Gasteiger partial charge in [-0.1, -0.05) is 12.1 Å². The first-order valence-corrected chi connectivity index (χ1v) is 8.03. The fourth-order valence-electron chi connectivity index (χ4n) is 2.93. The molecule has 128 valence electrons. The SMILES string of the molecule is CCOC(=O)c1cccn2c(C(C)=O)c(-c3ccc(OC)cc3)cc12. The molecule has 5 heteroatoms. The summed E-state index contributed by atoms with van der Waals surface area (Å²) in [6.07, 6.45) is 1.78. The molecule has 0 N–H and O–H groups in total. The van der Waals surface area contributed by atoms with Crippen molar-refractivity contribution in [1.29, 1.82) is 0 Å². The van der Waals surface area contributed by atoms with Crippen LogP contribution in [0.25, 0.3) is 16.6 Å². The van der Waals surface area contributed by atoms with Gasteiger partial charge in [-0.2, -0.15) is 0 Å². The van der Waals surface area contributed by atoms with Crippen LogP contribution in [0.4, 0.5) is 0 Å². The maximum Gasteiger partial charge on any atom is 0.340 e. The summed E-state index contributed by atoms with van der Waals surface area (Å²) in [6.45, 7) is 3.58. The molecule has 0 atom stereocenters. The molecule has 0 aliphatic heterocycles. The van der Waals surface area contributed by atoms with Crippen molar-refractivity contribution in [2.45, 2.75) is 13.8 Å². The Morgan fingerprint density at radius 2 is 1.84 bits per heavy atom. The Hall–Kier alpha value is -3.08. The van der Waals surface area contributed by atoms with Crippen molar-refractivity contribution in [3.05, 3.63) is 59.9 Å².